The summed E-state index contributed by atoms with van der Waals surface area (Å²) in [6, 6.07) is -0.577. The summed E-state index contributed by atoms with van der Waals surface area (Å²) < 4.78 is 0. The molecule has 0 aliphatic rings. The quantitative estimate of drug-likeness (QED) is 0.558. The number of aliphatic hydroxyl groups is 1. The van der Waals surface area contributed by atoms with Gasteiger partial charge in [-0.25, -0.2) is 0 Å². The van der Waals surface area contributed by atoms with Gasteiger partial charge in [-0.05, 0) is 20.3 Å². The van der Waals surface area contributed by atoms with Crippen LogP contribution >= 0.6 is 0 Å². The maximum atomic E-state index is 10.6. The van der Waals surface area contributed by atoms with Crippen molar-refractivity contribution in [1.82, 2.24) is 5.32 Å². The molecule has 0 aromatic carbocycles. The van der Waals surface area contributed by atoms with Crippen molar-refractivity contribution >= 4 is 5.97 Å². The van der Waals surface area contributed by atoms with Gasteiger partial charge in [-0.2, -0.15) is 0 Å². The van der Waals surface area contributed by atoms with Gasteiger partial charge in [-0.1, -0.05) is 6.92 Å². The van der Waals surface area contributed by atoms with Crippen LogP contribution in [0.25, 0.3) is 0 Å². The molecule has 0 aromatic heterocycles. The highest BCUT2D eigenvalue weighted by molar-refractivity contribution is 5.73. The molecule has 72 valence electrons. The Morgan fingerprint density at radius 2 is 2.08 bits per heavy atom. The van der Waals surface area contributed by atoms with E-state index < -0.39 is 17.6 Å². The Labute approximate surface area is 72.6 Å². The maximum absolute atomic E-state index is 10.6. The molecule has 4 nitrogen and oxygen atoms in total. The number of carbonyl (C=O) groups is 1. The van der Waals surface area contributed by atoms with Gasteiger partial charge in [0, 0.05) is 5.54 Å². The third-order valence-corrected chi connectivity index (χ3v) is 1.67. The predicted octanol–water partition coefficient (Wildman–Crippen LogP) is 0.210. The number of aliphatic hydroxyl groups excluding tert-OH is 1. The summed E-state index contributed by atoms with van der Waals surface area (Å²) in [6.07, 6.45) is 0.513. The van der Waals surface area contributed by atoms with Crippen LogP contribution < -0.4 is 5.32 Å². The van der Waals surface area contributed by atoms with Crippen LogP contribution in [0, 0.1) is 0 Å². The first-order valence-corrected chi connectivity index (χ1v) is 4.04. The zero-order valence-electron chi connectivity index (χ0n) is 7.79. The van der Waals surface area contributed by atoms with Gasteiger partial charge >= 0.3 is 5.97 Å². The van der Waals surface area contributed by atoms with Crippen molar-refractivity contribution in [2.24, 2.45) is 0 Å². The Morgan fingerprint density at radius 1 is 1.58 bits per heavy atom. The topological polar surface area (TPSA) is 69.6 Å². The van der Waals surface area contributed by atoms with Gasteiger partial charge in [0.1, 0.15) is 6.04 Å². The molecule has 0 aliphatic carbocycles. The Hall–Kier alpha value is -0.610. The summed E-state index contributed by atoms with van der Waals surface area (Å²) in [6.45, 7) is 5.24. The van der Waals surface area contributed by atoms with Gasteiger partial charge in [0.05, 0.1) is 6.61 Å². The van der Waals surface area contributed by atoms with Crippen LogP contribution in [-0.4, -0.2) is 34.4 Å². The monoisotopic (exact) mass is 175 g/mol. The second-order valence-corrected chi connectivity index (χ2v) is 3.49. The summed E-state index contributed by atoms with van der Waals surface area (Å²) in [5.41, 5.74) is -0.529. The van der Waals surface area contributed by atoms with Crippen LogP contribution in [0.4, 0.5) is 0 Å². The molecule has 0 rings (SSSR count). The first kappa shape index (κ1) is 11.4. The van der Waals surface area contributed by atoms with Gasteiger partial charge in [-0.3, -0.25) is 10.1 Å². The third-order valence-electron chi connectivity index (χ3n) is 1.67. The average Bonchev–Trinajstić information content (AvgIpc) is 2.00. The minimum Gasteiger partial charge on any atom is -0.480 e. The van der Waals surface area contributed by atoms with Crippen molar-refractivity contribution in [3.63, 3.8) is 0 Å². The lowest BCUT2D eigenvalue weighted by Crippen LogP contribution is -2.51. The summed E-state index contributed by atoms with van der Waals surface area (Å²) in [5.74, 6) is -0.876. The van der Waals surface area contributed by atoms with E-state index in [-0.39, 0.29) is 6.61 Å². The molecule has 0 spiro atoms. The van der Waals surface area contributed by atoms with Gasteiger partial charge < -0.3 is 10.2 Å². The van der Waals surface area contributed by atoms with Gasteiger partial charge in [0.15, 0.2) is 0 Å². The fraction of sp³-hybridized carbons (Fsp3) is 0.875. The second kappa shape index (κ2) is 4.42. The van der Waals surface area contributed by atoms with Crippen molar-refractivity contribution in [2.45, 2.75) is 38.8 Å². The second-order valence-electron chi connectivity index (χ2n) is 3.49. The lowest BCUT2D eigenvalue weighted by Gasteiger charge is -2.27. The molecular weight excluding hydrogens is 158 g/mol. The Bertz CT molecular complexity index is 156. The van der Waals surface area contributed by atoms with Crippen LogP contribution in [0.2, 0.25) is 0 Å². The molecule has 0 amide bonds. The molecule has 3 N–H and O–H groups in total. The number of rotatable bonds is 5. The molecule has 0 saturated heterocycles. The molecule has 4 heteroatoms. The van der Waals surface area contributed by atoms with E-state index in [0.717, 1.165) is 0 Å². The molecule has 0 aliphatic heterocycles. The summed E-state index contributed by atoms with van der Waals surface area (Å²) >= 11 is 0. The van der Waals surface area contributed by atoms with E-state index in [9.17, 15) is 4.79 Å². The fourth-order valence-electron chi connectivity index (χ4n) is 0.856. The van der Waals surface area contributed by atoms with E-state index in [1.807, 2.05) is 0 Å². The zero-order valence-corrected chi connectivity index (χ0v) is 7.79. The van der Waals surface area contributed by atoms with E-state index >= 15 is 0 Å². The van der Waals surface area contributed by atoms with Gasteiger partial charge in [-0.15, -0.1) is 0 Å². The Kier molecular flexibility index (Phi) is 4.20. The summed E-state index contributed by atoms with van der Waals surface area (Å²) in [5, 5.41) is 20.4. The lowest BCUT2D eigenvalue weighted by atomic mass is 10.0. The molecule has 0 saturated carbocycles. The van der Waals surface area contributed by atoms with E-state index in [1.54, 1.807) is 20.8 Å². The molecule has 12 heavy (non-hydrogen) atoms. The minimum absolute atomic E-state index is 0.0726. The zero-order chi connectivity index (χ0) is 9.78. The number of carboxylic acid groups (broad SMARTS) is 1. The van der Waals surface area contributed by atoms with Gasteiger partial charge in [0.25, 0.3) is 0 Å². The van der Waals surface area contributed by atoms with Crippen LogP contribution in [0.15, 0.2) is 0 Å². The first-order valence-electron chi connectivity index (χ1n) is 4.04. The normalized spacial score (nSPS) is 14.3. The molecule has 0 heterocycles. The predicted molar refractivity (Wildman–Crippen MR) is 46.0 cm³/mol. The van der Waals surface area contributed by atoms with Crippen molar-refractivity contribution in [1.29, 1.82) is 0 Å². The average molecular weight is 175 g/mol. The Morgan fingerprint density at radius 3 is 2.33 bits per heavy atom. The van der Waals surface area contributed by atoms with Crippen molar-refractivity contribution in [2.75, 3.05) is 6.61 Å². The van der Waals surface area contributed by atoms with E-state index in [1.165, 1.54) is 0 Å². The SMILES string of the molecule is CCC(NC(C)(C)CO)C(=O)O. The van der Waals surface area contributed by atoms with Crippen molar-refractivity contribution in [3.8, 4) is 0 Å². The van der Waals surface area contributed by atoms with Crippen LogP contribution in [-0.2, 0) is 4.79 Å². The van der Waals surface area contributed by atoms with Crippen molar-refractivity contribution < 1.29 is 15.0 Å². The highest BCUT2D eigenvalue weighted by Gasteiger charge is 2.24. The highest BCUT2D eigenvalue weighted by Crippen LogP contribution is 2.04. The van der Waals surface area contributed by atoms with Gasteiger partial charge in [0.2, 0.25) is 0 Å². The van der Waals surface area contributed by atoms with Crippen LogP contribution in [0.5, 0.6) is 0 Å². The number of carboxylic acids is 1. The van der Waals surface area contributed by atoms with E-state index in [4.69, 9.17) is 10.2 Å². The molecule has 0 radical (unpaired) electrons. The molecular formula is C8H17NO3. The summed E-state index contributed by atoms with van der Waals surface area (Å²) in [7, 11) is 0. The highest BCUT2D eigenvalue weighted by atomic mass is 16.4. The molecule has 1 unspecified atom stereocenters. The number of aliphatic carboxylic acids is 1. The van der Waals surface area contributed by atoms with Crippen molar-refractivity contribution in [3.05, 3.63) is 0 Å². The largest absolute Gasteiger partial charge is 0.480 e. The smallest absolute Gasteiger partial charge is 0.320 e. The van der Waals surface area contributed by atoms with Crippen LogP contribution in [0.3, 0.4) is 0 Å². The fourth-order valence-corrected chi connectivity index (χ4v) is 0.856. The van der Waals surface area contributed by atoms with Crippen LogP contribution in [0.1, 0.15) is 27.2 Å². The third kappa shape index (κ3) is 3.69. The maximum Gasteiger partial charge on any atom is 0.320 e. The lowest BCUT2D eigenvalue weighted by molar-refractivity contribution is -0.140. The first-order chi connectivity index (χ1) is 5.43. The molecule has 0 bridgehead atoms. The molecule has 0 fully saturated rings. The van der Waals surface area contributed by atoms with E-state index in [2.05, 4.69) is 5.32 Å². The number of hydrogen-bond donors (Lipinski definition) is 3. The minimum atomic E-state index is -0.876. The Balaban J connectivity index is 4.11. The number of nitrogens with one attached hydrogen (secondary N) is 1. The summed E-state index contributed by atoms with van der Waals surface area (Å²) in [4.78, 5) is 10.6. The molecule has 1 atom stereocenters. The number of hydrogen-bond acceptors (Lipinski definition) is 3. The molecule has 0 aromatic rings. The van der Waals surface area contributed by atoms with E-state index in [0.29, 0.717) is 6.42 Å². The standard InChI is InChI=1S/C8H17NO3/c1-4-6(7(11)12)9-8(2,3)5-10/h6,9-10H,4-5H2,1-3H3,(H,11,12).